The molecule has 0 aliphatic rings. The largest absolute Gasteiger partial charge is 0.497 e. The fraction of sp³-hybridized carbons (Fsp3) is 0.250. The molecule has 1 N–H and O–H groups in total. The zero-order valence-corrected chi connectivity index (χ0v) is 20.7. The Kier molecular flexibility index (Phi) is 9.88. The molecular formula is C28H30N2O6. The number of benzene rings is 3. The van der Waals surface area contributed by atoms with Crippen LogP contribution in [-0.2, 0) is 11.2 Å². The molecule has 3 aromatic carbocycles. The third-order valence-electron chi connectivity index (χ3n) is 5.23. The molecule has 0 saturated heterocycles. The molecule has 0 heterocycles. The first-order valence-electron chi connectivity index (χ1n) is 11.6. The molecular weight excluding hydrogens is 460 g/mol. The van der Waals surface area contributed by atoms with Crippen LogP contribution in [0, 0.1) is 0 Å². The molecule has 8 heteroatoms. The Labute approximate surface area is 210 Å². The summed E-state index contributed by atoms with van der Waals surface area (Å²) in [4.78, 5) is 24.5. The van der Waals surface area contributed by atoms with Gasteiger partial charge in [0.1, 0.15) is 11.5 Å². The van der Waals surface area contributed by atoms with Gasteiger partial charge in [0.05, 0.1) is 26.0 Å². The SMILES string of the molecule is CCCCc1ccc(OCC(=O)NN=Cc2ccc(OC(=O)c3ccc(OC)cc3)c(OC)c2)cc1. The first-order chi connectivity index (χ1) is 17.5. The van der Waals surface area contributed by atoms with Gasteiger partial charge in [-0.3, -0.25) is 4.79 Å². The van der Waals surface area contributed by atoms with Crippen molar-refractivity contribution in [2.45, 2.75) is 26.2 Å². The molecule has 0 aliphatic carbocycles. The lowest BCUT2D eigenvalue weighted by atomic mass is 10.1. The average molecular weight is 491 g/mol. The molecule has 0 atom stereocenters. The number of unbranched alkanes of at least 4 members (excludes halogenated alkanes) is 1. The van der Waals surface area contributed by atoms with E-state index in [1.165, 1.54) is 18.9 Å². The summed E-state index contributed by atoms with van der Waals surface area (Å²) in [5, 5.41) is 3.95. The van der Waals surface area contributed by atoms with E-state index in [2.05, 4.69) is 17.5 Å². The first-order valence-corrected chi connectivity index (χ1v) is 11.6. The number of rotatable bonds is 12. The molecule has 0 unspecified atom stereocenters. The number of nitrogens with zero attached hydrogens (tertiary/aromatic N) is 1. The molecule has 188 valence electrons. The molecule has 3 rings (SSSR count). The van der Waals surface area contributed by atoms with Gasteiger partial charge in [0.2, 0.25) is 0 Å². The normalized spacial score (nSPS) is 10.6. The molecule has 0 saturated carbocycles. The summed E-state index contributed by atoms with van der Waals surface area (Å²) >= 11 is 0. The number of hydrogen-bond acceptors (Lipinski definition) is 7. The average Bonchev–Trinajstić information content (AvgIpc) is 2.92. The van der Waals surface area contributed by atoms with Crippen molar-refractivity contribution in [3.63, 3.8) is 0 Å². The van der Waals surface area contributed by atoms with Crippen LogP contribution in [0.15, 0.2) is 71.8 Å². The first kappa shape index (κ1) is 26.3. The Morgan fingerprint density at radius 3 is 2.28 bits per heavy atom. The molecule has 0 fully saturated rings. The quantitative estimate of drug-likeness (QED) is 0.170. The van der Waals surface area contributed by atoms with E-state index >= 15 is 0 Å². The Bertz CT molecular complexity index is 1170. The number of amides is 1. The summed E-state index contributed by atoms with van der Waals surface area (Å²) in [5.41, 5.74) is 4.69. The predicted molar refractivity (Wildman–Crippen MR) is 137 cm³/mol. The molecule has 0 bridgehead atoms. The number of hydrazone groups is 1. The van der Waals surface area contributed by atoms with Gasteiger partial charge >= 0.3 is 5.97 Å². The number of esters is 1. The van der Waals surface area contributed by atoms with Gasteiger partial charge < -0.3 is 18.9 Å². The minimum Gasteiger partial charge on any atom is -0.497 e. The van der Waals surface area contributed by atoms with Crippen molar-refractivity contribution in [3.05, 3.63) is 83.4 Å². The van der Waals surface area contributed by atoms with Gasteiger partial charge in [-0.15, -0.1) is 0 Å². The van der Waals surface area contributed by atoms with E-state index in [4.69, 9.17) is 18.9 Å². The van der Waals surface area contributed by atoms with Crippen LogP contribution in [0.5, 0.6) is 23.0 Å². The summed E-state index contributed by atoms with van der Waals surface area (Å²) in [6, 6.07) is 19.2. The third-order valence-corrected chi connectivity index (χ3v) is 5.23. The van der Waals surface area contributed by atoms with Gasteiger partial charge in [-0.05, 0) is 78.6 Å². The molecule has 0 aliphatic heterocycles. The summed E-state index contributed by atoms with van der Waals surface area (Å²) in [6.45, 7) is 2.00. The van der Waals surface area contributed by atoms with E-state index in [1.54, 1.807) is 49.6 Å². The van der Waals surface area contributed by atoms with Crippen LogP contribution in [0.4, 0.5) is 0 Å². The zero-order valence-electron chi connectivity index (χ0n) is 20.7. The Hall–Kier alpha value is -4.33. The second-order valence-electron chi connectivity index (χ2n) is 7.86. The lowest BCUT2D eigenvalue weighted by molar-refractivity contribution is -0.123. The van der Waals surface area contributed by atoms with Crippen molar-refractivity contribution >= 4 is 18.1 Å². The lowest BCUT2D eigenvalue weighted by Gasteiger charge is -2.10. The van der Waals surface area contributed by atoms with Crippen molar-refractivity contribution in [1.82, 2.24) is 5.43 Å². The minimum absolute atomic E-state index is 0.158. The number of aryl methyl sites for hydroxylation is 1. The summed E-state index contributed by atoms with van der Waals surface area (Å²) in [6.07, 6.45) is 4.78. The van der Waals surface area contributed by atoms with Gasteiger partial charge in [0.25, 0.3) is 5.91 Å². The number of nitrogens with one attached hydrogen (secondary N) is 1. The van der Waals surface area contributed by atoms with E-state index in [9.17, 15) is 9.59 Å². The molecule has 0 aromatic heterocycles. The summed E-state index contributed by atoms with van der Waals surface area (Å²) < 4.78 is 21.4. The van der Waals surface area contributed by atoms with Gasteiger partial charge in [-0.25, -0.2) is 10.2 Å². The number of hydrogen-bond donors (Lipinski definition) is 1. The molecule has 1 amide bonds. The van der Waals surface area contributed by atoms with Gasteiger partial charge in [-0.2, -0.15) is 5.10 Å². The lowest BCUT2D eigenvalue weighted by Crippen LogP contribution is -2.24. The van der Waals surface area contributed by atoms with E-state index in [0.717, 1.165) is 19.3 Å². The van der Waals surface area contributed by atoms with Crippen LogP contribution in [0.3, 0.4) is 0 Å². The number of methoxy groups -OCH3 is 2. The number of ether oxygens (including phenoxy) is 4. The second-order valence-corrected chi connectivity index (χ2v) is 7.86. The zero-order chi connectivity index (χ0) is 25.8. The van der Waals surface area contributed by atoms with Gasteiger partial charge in [-0.1, -0.05) is 25.5 Å². The maximum Gasteiger partial charge on any atom is 0.343 e. The Morgan fingerprint density at radius 2 is 1.61 bits per heavy atom. The second kappa shape index (κ2) is 13.5. The van der Waals surface area contributed by atoms with Crippen molar-refractivity contribution in [2.75, 3.05) is 20.8 Å². The van der Waals surface area contributed by atoms with Crippen LogP contribution < -0.4 is 24.4 Å². The minimum atomic E-state index is -0.528. The molecule has 0 radical (unpaired) electrons. The highest BCUT2D eigenvalue weighted by Gasteiger charge is 2.13. The van der Waals surface area contributed by atoms with E-state index < -0.39 is 11.9 Å². The Morgan fingerprint density at radius 1 is 0.889 bits per heavy atom. The standard InChI is InChI=1S/C28H30N2O6/c1-4-5-6-20-7-12-24(13-8-20)35-19-27(31)30-29-18-21-9-16-25(26(17-21)34-3)36-28(32)22-10-14-23(33-2)15-11-22/h7-18H,4-6,19H2,1-3H3,(H,30,31). The van der Waals surface area contributed by atoms with Gasteiger partial charge in [0, 0.05) is 0 Å². The molecule has 8 nitrogen and oxygen atoms in total. The van der Waals surface area contributed by atoms with Crippen molar-refractivity contribution < 1.29 is 28.5 Å². The van der Waals surface area contributed by atoms with E-state index in [-0.39, 0.29) is 12.4 Å². The molecule has 3 aromatic rings. The van der Waals surface area contributed by atoms with Crippen LogP contribution in [-0.4, -0.2) is 38.9 Å². The fourth-order valence-corrected chi connectivity index (χ4v) is 3.23. The third kappa shape index (κ3) is 7.87. The van der Waals surface area contributed by atoms with Crippen LogP contribution in [0.25, 0.3) is 0 Å². The Balaban J connectivity index is 1.50. The van der Waals surface area contributed by atoms with Crippen molar-refractivity contribution in [1.29, 1.82) is 0 Å². The molecule has 36 heavy (non-hydrogen) atoms. The van der Waals surface area contributed by atoms with Crippen LogP contribution in [0.2, 0.25) is 0 Å². The van der Waals surface area contributed by atoms with E-state index in [1.807, 2.05) is 24.3 Å². The van der Waals surface area contributed by atoms with Crippen LogP contribution >= 0.6 is 0 Å². The highest BCUT2D eigenvalue weighted by molar-refractivity contribution is 5.92. The van der Waals surface area contributed by atoms with Crippen molar-refractivity contribution in [3.8, 4) is 23.0 Å². The smallest absolute Gasteiger partial charge is 0.343 e. The highest BCUT2D eigenvalue weighted by atomic mass is 16.6. The van der Waals surface area contributed by atoms with E-state index in [0.29, 0.717) is 28.4 Å². The highest BCUT2D eigenvalue weighted by Crippen LogP contribution is 2.28. The maximum absolute atomic E-state index is 12.4. The van der Waals surface area contributed by atoms with Gasteiger partial charge in [0.15, 0.2) is 18.1 Å². The fourth-order valence-electron chi connectivity index (χ4n) is 3.23. The summed E-state index contributed by atoms with van der Waals surface area (Å²) in [5.74, 6) is 0.951. The maximum atomic E-state index is 12.4. The predicted octanol–water partition coefficient (Wildman–Crippen LogP) is 4.79. The molecule has 0 spiro atoms. The topological polar surface area (TPSA) is 95.5 Å². The van der Waals surface area contributed by atoms with Crippen molar-refractivity contribution in [2.24, 2.45) is 5.10 Å². The number of carbonyl (C=O) groups is 2. The summed E-state index contributed by atoms with van der Waals surface area (Å²) in [7, 11) is 3.02. The monoisotopic (exact) mass is 490 g/mol. The number of carbonyl (C=O) groups excluding carboxylic acids is 2. The van der Waals surface area contributed by atoms with Crippen LogP contribution in [0.1, 0.15) is 41.3 Å².